The minimum atomic E-state index is 0.481. The second kappa shape index (κ2) is 7.04. The van der Waals surface area contributed by atoms with Gasteiger partial charge >= 0.3 is 0 Å². The molecule has 90 valence electrons. The summed E-state index contributed by atoms with van der Waals surface area (Å²) in [5.41, 5.74) is 0. The maximum Gasteiger partial charge on any atom is 0.218 e. The molecule has 1 unspecified atom stereocenters. The van der Waals surface area contributed by atoms with E-state index in [0.29, 0.717) is 18.5 Å². The number of hydrogen-bond donors (Lipinski definition) is 1. The van der Waals surface area contributed by atoms with Crippen LogP contribution in [-0.4, -0.2) is 22.6 Å². The van der Waals surface area contributed by atoms with Gasteiger partial charge in [-0.3, -0.25) is 0 Å². The maximum absolute atomic E-state index is 5.33. The molecule has 0 amide bonds. The molecule has 0 radical (unpaired) electrons. The van der Waals surface area contributed by atoms with Crippen LogP contribution in [0.15, 0.2) is 12.4 Å². The molecule has 0 aliphatic rings. The highest BCUT2D eigenvalue weighted by atomic mass is 16.5. The second-order valence-electron chi connectivity index (χ2n) is 3.71. The van der Waals surface area contributed by atoms with Crippen molar-refractivity contribution in [3.05, 3.63) is 12.4 Å². The first-order valence-electron chi connectivity index (χ1n) is 6.01. The van der Waals surface area contributed by atoms with Crippen molar-refractivity contribution in [3.63, 3.8) is 0 Å². The fourth-order valence-corrected chi connectivity index (χ4v) is 1.58. The van der Waals surface area contributed by atoms with E-state index in [-0.39, 0.29) is 0 Å². The van der Waals surface area contributed by atoms with Gasteiger partial charge in [-0.05, 0) is 19.8 Å². The third-order valence-electron chi connectivity index (χ3n) is 2.42. The van der Waals surface area contributed by atoms with Crippen LogP contribution in [0.25, 0.3) is 0 Å². The lowest BCUT2D eigenvalue weighted by Crippen LogP contribution is -2.18. The van der Waals surface area contributed by atoms with E-state index in [1.165, 1.54) is 12.7 Å². The molecule has 1 aromatic rings. The van der Waals surface area contributed by atoms with Crippen LogP contribution in [0, 0.1) is 0 Å². The van der Waals surface area contributed by atoms with Gasteiger partial charge in [-0.25, -0.2) is 9.97 Å². The van der Waals surface area contributed by atoms with Gasteiger partial charge in [0, 0.05) is 12.1 Å². The minimum absolute atomic E-state index is 0.481. The van der Waals surface area contributed by atoms with Gasteiger partial charge in [0.15, 0.2) is 0 Å². The van der Waals surface area contributed by atoms with Gasteiger partial charge in [-0.15, -0.1) is 0 Å². The van der Waals surface area contributed by atoms with E-state index in [1.54, 1.807) is 0 Å². The Morgan fingerprint density at radius 1 is 1.31 bits per heavy atom. The van der Waals surface area contributed by atoms with E-state index in [2.05, 4.69) is 29.1 Å². The smallest absolute Gasteiger partial charge is 0.218 e. The number of anilines is 1. The molecule has 4 heteroatoms. The van der Waals surface area contributed by atoms with Gasteiger partial charge < -0.3 is 10.1 Å². The molecule has 1 heterocycles. The first-order chi connectivity index (χ1) is 7.80. The highest BCUT2D eigenvalue weighted by molar-refractivity contribution is 5.38. The molecule has 0 aliphatic heterocycles. The Bertz CT molecular complexity index is 304. The molecular formula is C12H21N3O. The predicted molar refractivity (Wildman–Crippen MR) is 65.8 cm³/mol. The van der Waals surface area contributed by atoms with Crippen molar-refractivity contribution < 1.29 is 4.74 Å². The van der Waals surface area contributed by atoms with Gasteiger partial charge in [0.2, 0.25) is 5.88 Å². The number of ether oxygens (including phenoxy) is 1. The third-order valence-corrected chi connectivity index (χ3v) is 2.42. The molecule has 0 spiro atoms. The third kappa shape index (κ3) is 4.04. The summed E-state index contributed by atoms with van der Waals surface area (Å²) in [6.07, 6.45) is 4.97. The number of hydrogen-bond acceptors (Lipinski definition) is 4. The monoisotopic (exact) mass is 223 g/mol. The van der Waals surface area contributed by atoms with Crippen LogP contribution in [0.2, 0.25) is 0 Å². The van der Waals surface area contributed by atoms with Crippen molar-refractivity contribution >= 4 is 5.82 Å². The topological polar surface area (TPSA) is 47.0 Å². The van der Waals surface area contributed by atoms with Crippen molar-refractivity contribution in [1.82, 2.24) is 9.97 Å². The van der Waals surface area contributed by atoms with Crippen molar-refractivity contribution in [2.75, 3.05) is 11.9 Å². The fraction of sp³-hybridized carbons (Fsp3) is 0.667. The van der Waals surface area contributed by atoms with Crippen LogP contribution >= 0.6 is 0 Å². The van der Waals surface area contributed by atoms with Gasteiger partial charge in [-0.1, -0.05) is 20.3 Å². The summed E-state index contributed by atoms with van der Waals surface area (Å²) in [6.45, 7) is 6.94. The van der Waals surface area contributed by atoms with Crippen LogP contribution in [0.5, 0.6) is 5.88 Å². The molecule has 1 N–H and O–H groups in total. The highest BCUT2D eigenvalue weighted by Gasteiger charge is 2.06. The van der Waals surface area contributed by atoms with Crippen molar-refractivity contribution in [3.8, 4) is 5.88 Å². The van der Waals surface area contributed by atoms with Crippen LogP contribution in [0.1, 0.15) is 40.0 Å². The van der Waals surface area contributed by atoms with Crippen molar-refractivity contribution in [2.24, 2.45) is 0 Å². The molecule has 1 rings (SSSR count). The Kier molecular flexibility index (Phi) is 5.61. The lowest BCUT2D eigenvalue weighted by Gasteiger charge is -2.16. The number of nitrogens with zero attached hydrogens (tertiary/aromatic N) is 2. The van der Waals surface area contributed by atoms with E-state index < -0.39 is 0 Å². The van der Waals surface area contributed by atoms with E-state index >= 15 is 0 Å². The number of rotatable bonds is 7. The van der Waals surface area contributed by atoms with E-state index in [0.717, 1.165) is 18.7 Å². The lowest BCUT2D eigenvalue weighted by molar-refractivity contribution is 0.326. The molecule has 0 fully saturated rings. The highest BCUT2D eigenvalue weighted by Crippen LogP contribution is 2.14. The van der Waals surface area contributed by atoms with Gasteiger partial charge in [-0.2, -0.15) is 0 Å². The zero-order valence-electron chi connectivity index (χ0n) is 10.4. The summed E-state index contributed by atoms with van der Waals surface area (Å²) in [4.78, 5) is 8.22. The molecule has 0 saturated carbocycles. The second-order valence-corrected chi connectivity index (χ2v) is 3.71. The van der Waals surface area contributed by atoms with Crippen LogP contribution < -0.4 is 10.1 Å². The van der Waals surface area contributed by atoms with Gasteiger partial charge in [0.05, 0.1) is 6.61 Å². The first kappa shape index (κ1) is 12.7. The maximum atomic E-state index is 5.33. The van der Waals surface area contributed by atoms with Crippen molar-refractivity contribution in [2.45, 2.75) is 46.1 Å². The summed E-state index contributed by atoms with van der Waals surface area (Å²) in [6, 6.07) is 2.33. The van der Waals surface area contributed by atoms with Crippen LogP contribution in [-0.2, 0) is 0 Å². The Hall–Kier alpha value is -1.32. The Morgan fingerprint density at radius 2 is 2.12 bits per heavy atom. The summed E-state index contributed by atoms with van der Waals surface area (Å²) in [5, 5.41) is 3.40. The molecule has 0 saturated heterocycles. The summed E-state index contributed by atoms with van der Waals surface area (Å²) >= 11 is 0. The van der Waals surface area contributed by atoms with Crippen LogP contribution in [0.3, 0.4) is 0 Å². The summed E-state index contributed by atoms with van der Waals surface area (Å²) in [5.74, 6) is 1.48. The van der Waals surface area contributed by atoms with E-state index in [4.69, 9.17) is 4.74 Å². The number of nitrogens with one attached hydrogen (secondary N) is 1. The van der Waals surface area contributed by atoms with E-state index in [9.17, 15) is 0 Å². The number of aromatic nitrogens is 2. The molecule has 16 heavy (non-hydrogen) atoms. The van der Waals surface area contributed by atoms with Crippen LogP contribution in [0.4, 0.5) is 5.82 Å². The lowest BCUT2D eigenvalue weighted by atomic mass is 10.1. The standard InChI is InChI=1S/C12H21N3O/c1-4-7-10(5-2)15-11-8-12(16-6-3)14-9-13-11/h8-10H,4-7H2,1-3H3,(H,13,14,15). The SMILES string of the molecule is CCCC(CC)Nc1cc(OCC)ncn1. The molecule has 4 nitrogen and oxygen atoms in total. The summed E-state index contributed by atoms with van der Waals surface area (Å²) in [7, 11) is 0. The van der Waals surface area contributed by atoms with Gasteiger partial charge in [0.1, 0.15) is 12.1 Å². The fourth-order valence-electron chi connectivity index (χ4n) is 1.58. The largest absolute Gasteiger partial charge is 0.478 e. The average molecular weight is 223 g/mol. The quantitative estimate of drug-likeness (QED) is 0.772. The van der Waals surface area contributed by atoms with Gasteiger partial charge in [0.25, 0.3) is 0 Å². The Labute approximate surface area is 97.5 Å². The minimum Gasteiger partial charge on any atom is -0.478 e. The predicted octanol–water partition coefficient (Wildman–Crippen LogP) is 2.87. The molecule has 1 aromatic heterocycles. The zero-order chi connectivity index (χ0) is 11.8. The molecule has 0 bridgehead atoms. The summed E-state index contributed by atoms with van der Waals surface area (Å²) < 4.78 is 5.33. The Balaban J connectivity index is 2.60. The zero-order valence-corrected chi connectivity index (χ0v) is 10.4. The Morgan fingerprint density at radius 3 is 2.75 bits per heavy atom. The van der Waals surface area contributed by atoms with E-state index in [1.807, 2.05) is 13.0 Å². The van der Waals surface area contributed by atoms with Crippen molar-refractivity contribution in [1.29, 1.82) is 0 Å². The average Bonchev–Trinajstić information content (AvgIpc) is 2.29. The first-order valence-corrected chi connectivity index (χ1v) is 6.01. The normalized spacial score (nSPS) is 12.2. The molecule has 0 aromatic carbocycles. The molecule has 0 aliphatic carbocycles. The molecular weight excluding hydrogens is 202 g/mol. The molecule has 1 atom stereocenters.